The molecule has 8 heteroatoms. The average molecular weight is 333 g/mol. The largest absolute Gasteiger partial charge is 0.389 e. The fourth-order valence-electron chi connectivity index (χ4n) is 2.01. The molecule has 1 unspecified atom stereocenters. The van der Waals surface area contributed by atoms with E-state index in [0.717, 1.165) is 0 Å². The van der Waals surface area contributed by atoms with Gasteiger partial charge >= 0.3 is 0 Å². The van der Waals surface area contributed by atoms with Gasteiger partial charge in [0.25, 0.3) is 0 Å². The molecule has 2 rings (SSSR count). The molecule has 1 aliphatic heterocycles. The molecule has 1 aliphatic rings. The molecule has 1 aromatic carbocycles. The molecule has 0 bridgehead atoms. The van der Waals surface area contributed by atoms with Crippen molar-refractivity contribution < 1.29 is 13.2 Å². The Labute approximate surface area is 127 Å². The summed E-state index contributed by atoms with van der Waals surface area (Å²) in [6, 6.07) is 4.81. The lowest BCUT2D eigenvalue weighted by atomic mass is 10.1. The van der Waals surface area contributed by atoms with Crippen LogP contribution in [0.4, 0.5) is 5.69 Å². The van der Waals surface area contributed by atoms with Crippen LogP contribution in [0.15, 0.2) is 18.2 Å². The Hall–Kier alpha value is -1.18. The minimum atomic E-state index is -3.10. The molecule has 0 aromatic heterocycles. The van der Waals surface area contributed by atoms with Crippen LogP contribution in [0, 0.1) is 5.92 Å². The molecule has 3 N–H and O–H groups in total. The van der Waals surface area contributed by atoms with Gasteiger partial charge in [0.1, 0.15) is 4.99 Å². The molecule has 1 atom stereocenters. The topological polar surface area (TPSA) is 89.3 Å². The van der Waals surface area contributed by atoms with Crippen LogP contribution in [0.25, 0.3) is 0 Å². The monoisotopic (exact) mass is 332 g/mol. The third-order valence-corrected chi connectivity index (χ3v) is 5.45. The molecule has 1 heterocycles. The lowest BCUT2D eigenvalue weighted by Crippen LogP contribution is -2.24. The van der Waals surface area contributed by atoms with Gasteiger partial charge < -0.3 is 11.1 Å². The highest BCUT2D eigenvalue weighted by atomic mass is 35.5. The zero-order chi connectivity index (χ0) is 14.9. The summed E-state index contributed by atoms with van der Waals surface area (Å²) >= 11 is 10.8. The Kier molecular flexibility index (Phi) is 4.31. The van der Waals surface area contributed by atoms with Crippen LogP contribution in [0.1, 0.15) is 12.0 Å². The number of rotatable bonds is 3. The van der Waals surface area contributed by atoms with E-state index < -0.39 is 15.8 Å². The van der Waals surface area contributed by atoms with Crippen LogP contribution in [0.2, 0.25) is 5.02 Å². The van der Waals surface area contributed by atoms with E-state index in [-0.39, 0.29) is 22.4 Å². The zero-order valence-electron chi connectivity index (χ0n) is 10.4. The fourth-order valence-corrected chi connectivity index (χ4v) is 4.04. The van der Waals surface area contributed by atoms with Crippen LogP contribution in [0.3, 0.4) is 0 Å². The average Bonchev–Trinajstić information content (AvgIpc) is 2.72. The summed E-state index contributed by atoms with van der Waals surface area (Å²) in [6.45, 7) is 0. The van der Waals surface area contributed by atoms with E-state index in [9.17, 15) is 13.2 Å². The number of sulfone groups is 1. The van der Waals surface area contributed by atoms with Gasteiger partial charge in [0.2, 0.25) is 5.91 Å². The molecule has 1 aromatic rings. The zero-order valence-corrected chi connectivity index (χ0v) is 12.8. The van der Waals surface area contributed by atoms with Gasteiger partial charge in [-0.15, -0.1) is 0 Å². The number of benzene rings is 1. The van der Waals surface area contributed by atoms with Crippen molar-refractivity contribution in [2.45, 2.75) is 6.42 Å². The van der Waals surface area contributed by atoms with Gasteiger partial charge in [-0.2, -0.15) is 0 Å². The van der Waals surface area contributed by atoms with Crippen molar-refractivity contribution in [3.63, 3.8) is 0 Å². The normalized spacial score (nSPS) is 20.6. The standard InChI is InChI=1S/C12H13ClN2O3S2/c13-9-2-1-7(11(14)19)5-10(9)15-12(16)8-3-4-20(17,18)6-8/h1-2,5,8H,3-4,6H2,(H2,14,19)(H,15,16). The maximum Gasteiger partial charge on any atom is 0.228 e. The first kappa shape index (κ1) is 15.2. The van der Waals surface area contributed by atoms with Gasteiger partial charge in [-0.25, -0.2) is 8.42 Å². The molecule has 0 aliphatic carbocycles. The fraction of sp³-hybridized carbons (Fsp3) is 0.333. The first-order valence-corrected chi connectivity index (χ1v) is 8.50. The minimum Gasteiger partial charge on any atom is -0.389 e. The molecule has 108 valence electrons. The second-order valence-corrected chi connectivity index (χ2v) is 7.72. The van der Waals surface area contributed by atoms with Gasteiger partial charge in [-0.05, 0) is 18.6 Å². The lowest BCUT2D eigenvalue weighted by molar-refractivity contribution is -0.119. The van der Waals surface area contributed by atoms with Gasteiger partial charge in [-0.3, -0.25) is 4.79 Å². The summed E-state index contributed by atoms with van der Waals surface area (Å²) in [6.07, 6.45) is 0.334. The third-order valence-electron chi connectivity index (χ3n) is 3.11. The summed E-state index contributed by atoms with van der Waals surface area (Å²) in [5.41, 5.74) is 6.48. The summed E-state index contributed by atoms with van der Waals surface area (Å²) in [5, 5.41) is 2.98. The van der Waals surface area contributed by atoms with Crippen LogP contribution < -0.4 is 11.1 Å². The number of nitrogens with one attached hydrogen (secondary N) is 1. The van der Waals surface area contributed by atoms with Crippen LogP contribution >= 0.6 is 23.8 Å². The molecule has 1 fully saturated rings. The molecule has 0 radical (unpaired) electrons. The predicted octanol–water partition coefficient (Wildman–Crippen LogP) is 1.35. The van der Waals surface area contributed by atoms with E-state index in [2.05, 4.69) is 5.32 Å². The SMILES string of the molecule is NC(=S)c1ccc(Cl)c(NC(=O)C2CCS(=O)(=O)C2)c1. The van der Waals surface area contributed by atoms with Crippen molar-refractivity contribution in [2.24, 2.45) is 11.7 Å². The molecular formula is C12H13ClN2O3S2. The lowest BCUT2D eigenvalue weighted by Gasteiger charge is -2.12. The number of nitrogens with two attached hydrogens (primary N) is 1. The Morgan fingerprint density at radius 2 is 2.15 bits per heavy atom. The smallest absolute Gasteiger partial charge is 0.228 e. The van der Waals surface area contributed by atoms with Crippen LogP contribution in [-0.2, 0) is 14.6 Å². The van der Waals surface area contributed by atoms with E-state index in [4.69, 9.17) is 29.6 Å². The predicted molar refractivity (Wildman–Crippen MR) is 82.7 cm³/mol. The summed E-state index contributed by atoms with van der Waals surface area (Å²) in [7, 11) is -3.10. The van der Waals surface area contributed by atoms with Gasteiger partial charge in [0.15, 0.2) is 9.84 Å². The van der Waals surface area contributed by atoms with E-state index in [0.29, 0.717) is 22.7 Å². The first-order chi connectivity index (χ1) is 9.28. The maximum absolute atomic E-state index is 12.0. The number of thiocarbonyl (C=S) groups is 1. The summed E-state index contributed by atoms with van der Waals surface area (Å²) < 4.78 is 22.7. The highest BCUT2D eigenvalue weighted by Gasteiger charge is 2.33. The number of hydrogen-bond donors (Lipinski definition) is 2. The molecule has 1 amide bonds. The number of carbonyl (C=O) groups excluding carboxylic acids is 1. The van der Waals surface area contributed by atoms with Crippen LogP contribution in [-0.4, -0.2) is 30.8 Å². The van der Waals surface area contributed by atoms with Crippen LogP contribution in [0.5, 0.6) is 0 Å². The van der Waals surface area contributed by atoms with E-state index in [1.54, 1.807) is 18.2 Å². The highest BCUT2D eigenvalue weighted by Crippen LogP contribution is 2.26. The van der Waals surface area contributed by atoms with Crippen molar-refractivity contribution >= 4 is 50.2 Å². The Balaban J connectivity index is 2.16. The van der Waals surface area contributed by atoms with E-state index in [1.807, 2.05) is 0 Å². The Morgan fingerprint density at radius 3 is 2.70 bits per heavy atom. The summed E-state index contributed by atoms with van der Waals surface area (Å²) in [4.78, 5) is 12.2. The molecule has 20 heavy (non-hydrogen) atoms. The molecule has 0 saturated carbocycles. The molecule has 1 saturated heterocycles. The minimum absolute atomic E-state index is 0.0474. The second-order valence-electron chi connectivity index (χ2n) is 4.65. The van der Waals surface area contributed by atoms with Gasteiger partial charge in [-0.1, -0.05) is 29.9 Å². The highest BCUT2D eigenvalue weighted by molar-refractivity contribution is 7.91. The van der Waals surface area contributed by atoms with Crippen molar-refractivity contribution in [2.75, 3.05) is 16.8 Å². The van der Waals surface area contributed by atoms with Gasteiger partial charge in [0, 0.05) is 5.56 Å². The number of amides is 1. The summed E-state index contributed by atoms with van der Waals surface area (Å²) in [5.74, 6) is -0.963. The second kappa shape index (κ2) is 5.67. The molecule has 0 spiro atoms. The first-order valence-electron chi connectivity index (χ1n) is 5.89. The van der Waals surface area contributed by atoms with Crippen molar-refractivity contribution in [3.8, 4) is 0 Å². The van der Waals surface area contributed by atoms with Crippen molar-refractivity contribution in [3.05, 3.63) is 28.8 Å². The van der Waals surface area contributed by atoms with E-state index >= 15 is 0 Å². The Bertz CT molecular complexity index is 673. The van der Waals surface area contributed by atoms with Crippen molar-refractivity contribution in [1.29, 1.82) is 0 Å². The number of anilines is 1. The molecule has 5 nitrogen and oxygen atoms in total. The molecular weight excluding hydrogens is 320 g/mol. The van der Waals surface area contributed by atoms with E-state index in [1.165, 1.54) is 0 Å². The van der Waals surface area contributed by atoms with Crippen molar-refractivity contribution in [1.82, 2.24) is 0 Å². The quantitative estimate of drug-likeness (QED) is 0.815. The number of carbonyl (C=O) groups is 1. The third kappa shape index (κ3) is 3.47. The Morgan fingerprint density at radius 1 is 1.45 bits per heavy atom. The van der Waals surface area contributed by atoms with Gasteiger partial charge in [0.05, 0.1) is 28.1 Å². The number of halogens is 1. The maximum atomic E-state index is 12.0. The number of hydrogen-bond acceptors (Lipinski definition) is 4.